The minimum atomic E-state index is -3.38. The predicted molar refractivity (Wildman–Crippen MR) is 148 cm³/mol. The van der Waals surface area contributed by atoms with Gasteiger partial charge in [0.2, 0.25) is 5.91 Å². The molecule has 200 valence electrons. The first-order chi connectivity index (χ1) is 18.6. The molecule has 0 aliphatic heterocycles. The molecule has 0 atom stereocenters. The quantitative estimate of drug-likeness (QED) is 0.225. The summed E-state index contributed by atoms with van der Waals surface area (Å²) in [6.07, 6.45) is 3.04. The van der Waals surface area contributed by atoms with Crippen molar-refractivity contribution < 1.29 is 27.3 Å². The molecule has 1 amide bonds. The monoisotopic (exact) mass is 548 g/mol. The molecule has 0 radical (unpaired) electrons. The highest BCUT2D eigenvalue weighted by Gasteiger charge is 2.14. The summed E-state index contributed by atoms with van der Waals surface area (Å²) in [4.78, 5) is 19.8. The van der Waals surface area contributed by atoms with Crippen LogP contribution in [-0.4, -0.2) is 33.7 Å². The molecule has 9 nitrogen and oxygen atoms in total. The largest absolute Gasteiger partial charge is 0.495 e. The van der Waals surface area contributed by atoms with Crippen molar-refractivity contribution in [3.8, 4) is 16.9 Å². The van der Waals surface area contributed by atoms with Crippen LogP contribution in [0.15, 0.2) is 94.9 Å². The van der Waals surface area contributed by atoms with E-state index >= 15 is 0 Å². The number of nitrogens with one attached hydrogen (secondary N) is 3. The number of rotatable bonds is 8. The van der Waals surface area contributed by atoms with E-state index in [4.69, 9.17) is 10.5 Å². The van der Waals surface area contributed by atoms with Crippen LogP contribution in [0.3, 0.4) is 0 Å². The number of H-pyrrole nitrogens is 1. The van der Waals surface area contributed by atoms with E-state index in [0.29, 0.717) is 22.9 Å². The third-order valence-corrected chi connectivity index (χ3v) is 6.79. The second-order valence-electron chi connectivity index (χ2n) is 8.65. The number of amides is 1. The predicted octanol–water partition coefficient (Wildman–Crippen LogP) is 3.96. The molecule has 39 heavy (non-hydrogen) atoms. The number of sulfone groups is 1. The van der Waals surface area contributed by atoms with Gasteiger partial charge in [-0.2, -0.15) is 0 Å². The fraction of sp³-hybridized carbons (Fsp3) is 0.107. The van der Waals surface area contributed by atoms with Gasteiger partial charge >= 0.3 is 11.8 Å². The molecular formula is C28H27FN5O4S+. The van der Waals surface area contributed by atoms with Crippen molar-refractivity contribution in [3.63, 3.8) is 0 Å². The summed E-state index contributed by atoms with van der Waals surface area (Å²) in [5.41, 5.74) is 9.69. The average Bonchev–Trinajstić information content (AvgIpc) is 2.90. The number of hydrogen-bond acceptors (Lipinski definition) is 5. The Hall–Kier alpha value is -4.77. The number of hydrogen-bond donors (Lipinski definition) is 3. The van der Waals surface area contributed by atoms with E-state index in [1.165, 1.54) is 31.4 Å². The first-order valence-corrected chi connectivity index (χ1v) is 13.7. The Morgan fingerprint density at radius 3 is 2.28 bits per heavy atom. The normalized spacial score (nSPS) is 11.6. The number of ether oxygens (including phenoxy) is 1. The van der Waals surface area contributed by atoms with Crippen molar-refractivity contribution in [1.29, 1.82) is 0 Å². The Labute approximate surface area is 225 Å². The summed E-state index contributed by atoms with van der Waals surface area (Å²) in [5.74, 6) is 0.335. The van der Waals surface area contributed by atoms with E-state index in [1.54, 1.807) is 42.6 Å². The number of carbonyl (C=O) groups is 1. The Balaban J connectivity index is 1.38. The number of nitrogens with two attached hydrogens (primary N) is 1. The molecule has 0 unspecified atom stereocenters. The third-order valence-electron chi connectivity index (χ3n) is 5.68. The van der Waals surface area contributed by atoms with Crippen LogP contribution in [0.2, 0.25) is 0 Å². The number of methoxy groups -OCH3 is 1. The van der Waals surface area contributed by atoms with Crippen LogP contribution >= 0.6 is 0 Å². The van der Waals surface area contributed by atoms with Crippen LogP contribution in [0.4, 0.5) is 21.6 Å². The molecule has 4 rings (SSSR count). The molecule has 5 N–H and O–H groups in total. The third kappa shape index (κ3) is 7.39. The van der Waals surface area contributed by atoms with Gasteiger partial charge in [0.15, 0.2) is 9.84 Å². The van der Waals surface area contributed by atoms with Gasteiger partial charge in [0.25, 0.3) is 0 Å². The Kier molecular flexibility index (Phi) is 8.21. The molecule has 0 spiro atoms. The lowest BCUT2D eigenvalue weighted by Gasteiger charge is -2.10. The van der Waals surface area contributed by atoms with Gasteiger partial charge in [-0.05, 0) is 58.6 Å². The lowest BCUT2D eigenvalue weighted by Crippen LogP contribution is -2.23. The van der Waals surface area contributed by atoms with Crippen molar-refractivity contribution >= 4 is 38.9 Å². The van der Waals surface area contributed by atoms with Crippen LogP contribution in [0.25, 0.3) is 11.1 Å². The average molecular weight is 549 g/mol. The highest BCUT2D eigenvalue weighted by atomic mass is 32.2. The lowest BCUT2D eigenvalue weighted by atomic mass is 10.1. The second-order valence-corrected chi connectivity index (χ2v) is 10.7. The number of pyridine rings is 1. The molecule has 0 fully saturated rings. The van der Waals surface area contributed by atoms with Gasteiger partial charge in [-0.1, -0.05) is 24.3 Å². The van der Waals surface area contributed by atoms with Crippen molar-refractivity contribution in [2.24, 2.45) is 10.7 Å². The molecule has 11 heteroatoms. The molecule has 1 heterocycles. The number of aliphatic imine (C=N–C) groups is 1. The number of anilines is 2. The zero-order valence-electron chi connectivity index (χ0n) is 21.2. The number of carbonyl (C=O) groups excluding carboxylic acids is 1. The highest BCUT2D eigenvalue weighted by molar-refractivity contribution is 7.90. The van der Waals surface area contributed by atoms with Gasteiger partial charge in [-0.25, -0.2) is 17.8 Å². The number of benzene rings is 3. The van der Waals surface area contributed by atoms with Crippen molar-refractivity contribution in [2.45, 2.75) is 11.3 Å². The molecule has 0 aliphatic rings. The Morgan fingerprint density at radius 2 is 1.67 bits per heavy atom. The van der Waals surface area contributed by atoms with Crippen molar-refractivity contribution in [3.05, 3.63) is 96.4 Å². The number of aromatic nitrogens is 1. The first kappa shape index (κ1) is 27.3. The van der Waals surface area contributed by atoms with Crippen LogP contribution in [0.1, 0.15) is 5.56 Å². The minimum Gasteiger partial charge on any atom is -0.495 e. The van der Waals surface area contributed by atoms with Crippen molar-refractivity contribution in [2.75, 3.05) is 24.0 Å². The molecule has 4 aromatic rings. The molecule has 0 aliphatic carbocycles. The maximum Gasteiger partial charge on any atom is 0.325 e. The summed E-state index contributed by atoms with van der Waals surface area (Å²) >= 11 is 0. The standard InChI is InChI=1S/C28H26FN5O4S/c1-38-25-16-23(39(2,36)37)12-13-24(25)33-28(30)34-26-14-7-20(17-31-26)19-5-10-22(11-6-19)32-27(35)15-18-3-8-21(29)9-4-18/h3-14,16-17H,15H2,1-2H3,(H,32,35)(H3,30,31,33,34)/p+1. The highest BCUT2D eigenvalue weighted by Crippen LogP contribution is 2.28. The smallest absolute Gasteiger partial charge is 0.325 e. The number of aromatic amines is 1. The summed E-state index contributed by atoms with van der Waals surface area (Å²) in [7, 11) is -1.95. The zero-order valence-corrected chi connectivity index (χ0v) is 22.1. The topological polar surface area (TPSA) is 137 Å². The SMILES string of the molecule is COc1cc(S(C)(=O)=O)ccc1NC(N)=Nc1ccc(-c2ccc(NC(=O)Cc3ccc(F)cc3)cc2)c[nH+]1. The van der Waals surface area contributed by atoms with Gasteiger partial charge in [-0.3, -0.25) is 4.79 Å². The molecule has 0 bridgehead atoms. The van der Waals surface area contributed by atoms with Crippen LogP contribution < -0.4 is 26.1 Å². The second kappa shape index (κ2) is 11.7. The van der Waals surface area contributed by atoms with Crippen LogP contribution in [0, 0.1) is 5.82 Å². The van der Waals surface area contributed by atoms with Gasteiger partial charge in [0.05, 0.1) is 30.3 Å². The molecule has 1 aromatic heterocycles. The number of nitrogens with zero attached hydrogens (tertiary/aromatic N) is 1. The fourth-order valence-corrected chi connectivity index (χ4v) is 4.34. The fourth-order valence-electron chi connectivity index (χ4n) is 3.71. The van der Waals surface area contributed by atoms with E-state index in [-0.39, 0.29) is 29.0 Å². The molecule has 0 saturated carbocycles. The van der Waals surface area contributed by atoms with E-state index in [1.807, 2.05) is 18.2 Å². The minimum absolute atomic E-state index is 0.0742. The summed E-state index contributed by atoms with van der Waals surface area (Å²) < 4.78 is 41.9. The summed E-state index contributed by atoms with van der Waals surface area (Å²) in [5, 5.41) is 5.75. The van der Waals surface area contributed by atoms with E-state index in [9.17, 15) is 17.6 Å². The first-order valence-electron chi connectivity index (χ1n) is 11.8. The Morgan fingerprint density at radius 1 is 0.974 bits per heavy atom. The molecular weight excluding hydrogens is 521 g/mol. The summed E-state index contributed by atoms with van der Waals surface area (Å²) in [6, 6.07) is 21.2. The Bertz CT molecular complexity index is 1610. The maximum absolute atomic E-state index is 13.0. The van der Waals surface area contributed by atoms with Gasteiger partial charge in [0.1, 0.15) is 11.6 Å². The van der Waals surface area contributed by atoms with Crippen LogP contribution in [-0.2, 0) is 21.1 Å². The van der Waals surface area contributed by atoms with E-state index < -0.39 is 9.84 Å². The number of guanidine groups is 1. The van der Waals surface area contributed by atoms with E-state index in [0.717, 1.165) is 22.9 Å². The molecule has 3 aromatic carbocycles. The van der Waals surface area contributed by atoms with Gasteiger partial charge in [-0.15, -0.1) is 0 Å². The number of halogens is 1. The summed E-state index contributed by atoms with van der Waals surface area (Å²) in [6.45, 7) is 0. The maximum atomic E-state index is 13.0. The van der Waals surface area contributed by atoms with Gasteiger partial charge in [0, 0.05) is 29.6 Å². The molecule has 0 saturated heterocycles. The van der Waals surface area contributed by atoms with Gasteiger partial charge < -0.3 is 21.1 Å². The lowest BCUT2D eigenvalue weighted by molar-refractivity contribution is -0.361. The van der Waals surface area contributed by atoms with Crippen molar-refractivity contribution in [1.82, 2.24) is 0 Å². The van der Waals surface area contributed by atoms with Crippen LogP contribution in [0.5, 0.6) is 5.75 Å². The van der Waals surface area contributed by atoms with E-state index in [2.05, 4.69) is 20.6 Å². The zero-order chi connectivity index (χ0) is 28.0.